The number of benzene rings is 2. The van der Waals surface area contributed by atoms with Crippen LogP contribution in [0.3, 0.4) is 0 Å². The summed E-state index contributed by atoms with van der Waals surface area (Å²) in [5, 5.41) is 2.75. The normalized spacial score (nSPS) is 10.2. The van der Waals surface area contributed by atoms with E-state index in [1.807, 2.05) is 26.0 Å². The van der Waals surface area contributed by atoms with Crippen LogP contribution >= 0.6 is 0 Å². The first kappa shape index (κ1) is 12.5. The molecule has 0 saturated carbocycles. The summed E-state index contributed by atoms with van der Waals surface area (Å²) < 4.78 is 0. The van der Waals surface area contributed by atoms with Gasteiger partial charge in [-0.1, -0.05) is 48.6 Å². The summed E-state index contributed by atoms with van der Waals surface area (Å²) in [6.45, 7) is 8.31. The molecule has 0 amide bonds. The molecule has 2 aromatic carbocycles. The van der Waals surface area contributed by atoms with Gasteiger partial charge < -0.3 is 0 Å². The van der Waals surface area contributed by atoms with Crippen LogP contribution in [0.2, 0.25) is 0 Å². The molecule has 0 unspecified atom stereocenters. The van der Waals surface area contributed by atoms with Gasteiger partial charge in [0.1, 0.15) is 0 Å². The molecule has 0 heterocycles. The van der Waals surface area contributed by atoms with E-state index in [2.05, 4.69) is 50.2 Å². The molecule has 84 valence electrons. The maximum Gasteiger partial charge on any atom is -0.0152 e. The van der Waals surface area contributed by atoms with Crippen LogP contribution in [-0.4, -0.2) is 0 Å². The lowest BCUT2D eigenvalue weighted by Gasteiger charge is -2.03. The molecule has 0 bridgehead atoms. The predicted molar refractivity (Wildman–Crippen MR) is 73.9 cm³/mol. The molecule has 0 radical (unpaired) electrons. The average Bonchev–Trinajstić information content (AvgIpc) is 2.35. The first-order valence-corrected chi connectivity index (χ1v) is 5.73. The van der Waals surface area contributed by atoms with Crippen molar-refractivity contribution in [3.05, 3.63) is 59.7 Å². The van der Waals surface area contributed by atoms with E-state index in [0.29, 0.717) is 0 Å². The van der Waals surface area contributed by atoms with Gasteiger partial charge in [-0.15, -0.1) is 0 Å². The summed E-state index contributed by atoms with van der Waals surface area (Å²) in [5.74, 6) is 0. The van der Waals surface area contributed by atoms with Crippen molar-refractivity contribution in [1.29, 1.82) is 0 Å². The molecule has 0 heteroatoms. The van der Waals surface area contributed by atoms with E-state index in [-0.39, 0.29) is 0 Å². The van der Waals surface area contributed by atoms with Gasteiger partial charge in [0.2, 0.25) is 0 Å². The monoisotopic (exact) mass is 212 g/mol. The Labute approximate surface area is 98.6 Å². The molecular weight excluding hydrogens is 192 g/mol. The average molecular weight is 212 g/mol. The molecule has 0 fully saturated rings. The molecule has 0 spiro atoms. The minimum absolute atomic E-state index is 1.36. The summed E-state index contributed by atoms with van der Waals surface area (Å²) in [6.07, 6.45) is 4.00. The molecule has 0 N–H and O–H groups in total. The van der Waals surface area contributed by atoms with E-state index in [9.17, 15) is 0 Å². The highest BCUT2D eigenvalue weighted by atomic mass is 14.0. The summed E-state index contributed by atoms with van der Waals surface area (Å²) >= 11 is 0. The first-order valence-electron chi connectivity index (χ1n) is 5.73. The van der Waals surface area contributed by atoms with Crippen LogP contribution in [0.4, 0.5) is 0 Å². The number of rotatable bonds is 0. The number of aryl methyl sites for hydroxylation is 2. The van der Waals surface area contributed by atoms with Gasteiger partial charge in [-0.2, -0.15) is 0 Å². The van der Waals surface area contributed by atoms with E-state index < -0.39 is 0 Å². The van der Waals surface area contributed by atoms with E-state index >= 15 is 0 Å². The second-order valence-corrected chi connectivity index (χ2v) is 3.91. The third kappa shape index (κ3) is 2.96. The fraction of sp³-hybridized carbons (Fsp3) is 0.250. The molecule has 0 aliphatic heterocycles. The molecule has 0 atom stereocenters. The van der Waals surface area contributed by atoms with Crippen molar-refractivity contribution in [2.45, 2.75) is 27.7 Å². The summed E-state index contributed by atoms with van der Waals surface area (Å²) in [5.41, 5.74) is 2.72. The summed E-state index contributed by atoms with van der Waals surface area (Å²) in [6, 6.07) is 12.9. The lowest BCUT2D eigenvalue weighted by Crippen LogP contribution is -1.80. The van der Waals surface area contributed by atoms with E-state index in [0.717, 1.165) is 0 Å². The lowest BCUT2D eigenvalue weighted by atomic mass is 10.0. The Hall–Kier alpha value is -1.56. The smallest absolute Gasteiger partial charge is 0.0152 e. The Kier molecular flexibility index (Phi) is 4.78. The highest BCUT2D eigenvalue weighted by Crippen LogP contribution is 2.20. The summed E-state index contributed by atoms with van der Waals surface area (Å²) in [4.78, 5) is 0. The molecule has 0 aliphatic rings. The second kappa shape index (κ2) is 6.12. The van der Waals surface area contributed by atoms with Crippen molar-refractivity contribution >= 4 is 10.8 Å². The van der Waals surface area contributed by atoms with Crippen LogP contribution in [0.25, 0.3) is 10.8 Å². The Morgan fingerprint density at radius 2 is 1.06 bits per heavy atom. The number of hydrogen-bond donors (Lipinski definition) is 0. The van der Waals surface area contributed by atoms with Crippen molar-refractivity contribution in [2.24, 2.45) is 0 Å². The van der Waals surface area contributed by atoms with Crippen molar-refractivity contribution in [3.8, 4) is 0 Å². The van der Waals surface area contributed by atoms with Gasteiger partial charge >= 0.3 is 0 Å². The topological polar surface area (TPSA) is 0 Å². The SMILES string of the molecule is C/C=C/C.Cc1ccc(C)c2ccccc12. The van der Waals surface area contributed by atoms with Gasteiger partial charge in [-0.05, 0) is 49.6 Å². The largest absolute Gasteiger partial charge is 0.0919 e. The van der Waals surface area contributed by atoms with Crippen molar-refractivity contribution in [3.63, 3.8) is 0 Å². The third-order valence-electron chi connectivity index (χ3n) is 2.69. The Morgan fingerprint density at radius 1 is 0.688 bits per heavy atom. The number of allylic oxidation sites excluding steroid dienone is 2. The van der Waals surface area contributed by atoms with Crippen molar-refractivity contribution < 1.29 is 0 Å². The third-order valence-corrected chi connectivity index (χ3v) is 2.69. The maximum absolute atomic E-state index is 2.18. The summed E-state index contributed by atoms with van der Waals surface area (Å²) in [7, 11) is 0. The van der Waals surface area contributed by atoms with Crippen LogP contribution < -0.4 is 0 Å². The number of fused-ring (bicyclic) bond motifs is 1. The molecule has 16 heavy (non-hydrogen) atoms. The van der Waals surface area contributed by atoms with E-state index in [4.69, 9.17) is 0 Å². The van der Waals surface area contributed by atoms with Crippen LogP contribution in [0.1, 0.15) is 25.0 Å². The Balaban J connectivity index is 0.000000280. The molecule has 2 aromatic rings. The lowest BCUT2D eigenvalue weighted by molar-refractivity contribution is 1.46. The zero-order chi connectivity index (χ0) is 12.0. The maximum atomic E-state index is 2.18. The highest BCUT2D eigenvalue weighted by Gasteiger charge is 1.97. The van der Waals surface area contributed by atoms with Crippen LogP contribution in [0.15, 0.2) is 48.6 Å². The fourth-order valence-electron chi connectivity index (χ4n) is 1.60. The van der Waals surface area contributed by atoms with Gasteiger partial charge in [0.15, 0.2) is 0 Å². The highest BCUT2D eigenvalue weighted by molar-refractivity contribution is 5.88. The van der Waals surface area contributed by atoms with E-state index in [1.54, 1.807) is 0 Å². The van der Waals surface area contributed by atoms with Gasteiger partial charge in [0.25, 0.3) is 0 Å². The van der Waals surface area contributed by atoms with Crippen LogP contribution in [-0.2, 0) is 0 Å². The minimum Gasteiger partial charge on any atom is -0.0919 e. The zero-order valence-electron chi connectivity index (χ0n) is 10.6. The first-order chi connectivity index (χ1) is 7.70. The molecule has 0 saturated heterocycles. The van der Waals surface area contributed by atoms with Crippen LogP contribution in [0, 0.1) is 13.8 Å². The standard InChI is InChI=1S/C12H12.C4H8/c1-9-7-8-10(2)12-6-4-3-5-11(9)12;1-3-4-2/h3-8H,1-2H3;3-4H,1-2H3/b;4-3+. The van der Waals surface area contributed by atoms with Gasteiger partial charge in [0, 0.05) is 0 Å². The van der Waals surface area contributed by atoms with Gasteiger partial charge in [0.05, 0.1) is 0 Å². The van der Waals surface area contributed by atoms with Crippen molar-refractivity contribution in [2.75, 3.05) is 0 Å². The molecule has 0 aliphatic carbocycles. The van der Waals surface area contributed by atoms with E-state index in [1.165, 1.54) is 21.9 Å². The van der Waals surface area contributed by atoms with Gasteiger partial charge in [-0.25, -0.2) is 0 Å². The van der Waals surface area contributed by atoms with Gasteiger partial charge in [-0.3, -0.25) is 0 Å². The predicted octanol–water partition coefficient (Wildman–Crippen LogP) is 5.04. The molecular formula is C16H20. The number of hydrogen-bond acceptors (Lipinski definition) is 0. The quantitative estimate of drug-likeness (QED) is 0.537. The molecule has 2 rings (SSSR count). The fourth-order valence-corrected chi connectivity index (χ4v) is 1.60. The van der Waals surface area contributed by atoms with Crippen LogP contribution in [0.5, 0.6) is 0 Å². The minimum atomic E-state index is 1.36. The zero-order valence-corrected chi connectivity index (χ0v) is 10.6. The molecule has 0 nitrogen and oxygen atoms in total. The Bertz CT molecular complexity index is 434. The second-order valence-electron chi connectivity index (χ2n) is 3.91. The molecule has 0 aromatic heterocycles. The Morgan fingerprint density at radius 3 is 1.38 bits per heavy atom. The van der Waals surface area contributed by atoms with Crippen molar-refractivity contribution in [1.82, 2.24) is 0 Å².